The summed E-state index contributed by atoms with van der Waals surface area (Å²) in [5, 5.41) is 12.0. The molecule has 0 spiro atoms. The molecule has 0 radical (unpaired) electrons. The van der Waals surface area contributed by atoms with Crippen LogP contribution in [0.5, 0.6) is 0 Å². The molecule has 3 aromatic heterocycles. The third-order valence-corrected chi connectivity index (χ3v) is 6.97. The maximum atomic E-state index is 12.4. The number of para-hydroxylation sites is 1. The van der Waals surface area contributed by atoms with E-state index in [0.717, 1.165) is 64.0 Å². The summed E-state index contributed by atoms with van der Waals surface area (Å²) in [7, 11) is 3.75. The van der Waals surface area contributed by atoms with Gasteiger partial charge in [-0.2, -0.15) is 5.10 Å². The van der Waals surface area contributed by atoms with E-state index in [4.69, 9.17) is 10.1 Å². The second-order valence-corrected chi connectivity index (χ2v) is 9.92. The number of aryl methyl sites for hydroxylation is 2. The van der Waals surface area contributed by atoms with Crippen molar-refractivity contribution >= 4 is 28.2 Å². The molecule has 1 amide bonds. The van der Waals surface area contributed by atoms with Crippen LogP contribution in [0.4, 0.5) is 10.9 Å². The highest BCUT2D eigenvalue weighted by Crippen LogP contribution is 2.44. The summed E-state index contributed by atoms with van der Waals surface area (Å²) < 4.78 is 2.04. The van der Waals surface area contributed by atoms with Gasteiger partial charge in [-0.05, 0) is 64.5 Å². The summed E-state index contributed by atoms with van der Waals surface area (Å²) in [5.41, 5.74) is 7.35. The van der Waals surface area contributed by atoms with Crippen molar-refractivity contribution in [3.05, 3.63) is 59.4 Å². The van der Waals surface area contributed by atoms with E-state index in [9.17, 15) is 4.79 Å². The number of hydrogen-bond donors (Lipinski definition) is 2. The zero-order chi connectivity index (χ0) is 24.5. The monoisotopic (exact) mass is 487 g/mol. The van der Waals surface area contributed by atoms with E-state index in [0.29, 0.717) is 11.7 Å². The van der Waals surface area contributed by atoms with Crippen LogP contribution in [0.3, 0.4) is 0 Å². The fourth-order valence-corrected chi connectivity index (χ4v) is 5.48. The standard InChI is InChI=1S/C26H29N7OS/c1-5-27-21-13-10-17(14-28-21)23-18-11-12-19-25(35-26(29-19)30-22(34)15-32(3)4)24(18)33(31-23)20-9-7-6-8-16(20)2/h6-10,13-14H,5,11-12,15H2,1-4H3,(H,27,28)(H,29,30,34). The molecule has 1 aliphatic carbocycles. The number of amides is 1. The van der Waals surface area contributed by atoms with Crippen molar-refractivity contribution in [2.75, 3.05) is 37.8 Å². The lowest BCUT2D eigenvalue weighted by molar-refractivity contribution is -0.116. The summed E-state index contributed by atoms with van der Waals surface area (Å²) in [5.74, 6) is 0.785. The number of carbonyl (C=O) groups excluding carboxylic acids is 1. The first-order valence-electron chi connectivity index (χ1n) is 11.8. The predicted octanol–water partition coefficient (Wildman–Crippen LogP) is 4.40. The molecule has 0 atom stereocenters. The van der Waals surface area contributed by atoms with Crippen molar-refractivity contribution in [1.82, 2.24) is 24.6 Å². The Balaban J connectivity index is 1.62. The minimum atomic E-state index is -0.0683. The molecule has 8 nitrogen and oxygen atoms in total. The van der Waals surface area contributed by atoms with Gasteiger partial charge in [-0.1, -0.05) is 29.5 Å². The summed E-state index contributed by atoms with van der Waals surface area (Å²) in [6, 6.07) is 12.3. The topological polar surface area (TPSA) is 88.0 Å². The normalized spacial score (nSPS) is 12.4. The van der Waals surface area contributed by atoms with E-state index in [1.54, 1.807) is 0 Å². The van der Waals surface area contributed by atoms with Gasteiger partial charge in [0, 0.05) is 23.9 Å². The average Bonchev–Trinajstić information content (AvgIpc) is 3.40. The van der Waals surface area contributed by atoms with Crippen LogP contribution in [0.15, 0.2) is 42.6 Å². The number of fused-ring (bicyclic) bond motifs is 3. The molecule has 1 aromatic carbocycles. The molecule has 180 valence electrons. The first-order valence-corrected chi connectivity index (χ1v) is 12.6. The highest BCUT2D eigenvalue weighted by molar-refractivity contribution is 7.19. The molecular formula is C26H29N7OS. The van der Waals surface area contributed by atoms with Gasteiger partial charge in [0.1, 0.15) is 5.82 Å². The molecule has 1 aliphatic rings. The Kier molecular flexibility index (Phi) is 6.36. The van der Waals surface area contributed by atoms with E-state index in [1.165, 1.54) is 16.9 Å². The van der Waals surface area contributed by atoms with Crippen molar-refractivity contribution in [2.24, 2.45) is 0 Å². The number of carbonyl (C=O) groups is 1. The summed E-state index contributed by atoms with van der Waals surface area (Å²) in [4.78, 5) is 24.6. The molecule has 0 fully saturated rings. The molecule has 0 bridgehead atoms. The molecule has 5 rings (SSSR count). The number of nitrogens with one attached hydrogen (secondary N) is 2. The van der Waals surface area contributed by atoms with Crippen LogP contribution in [-0.2, 0) is 17.6 Å². The fourth-order valence-electron chi connectivity index (χ4n) is 4.40. The van der Waals surface area contributed by atoms with Gasteiger partial charge in [0.05, 0.1) is 34.2 Å². The fraction of sp³-hybridized carbons (Fsp3) is 0.308. The van der Waals surface area contributed by atoms with Crippen molar-refractivity contribution in [3.8, 4) is 27.5 Å². The average molecular weight is 488 g/mol. The number of rotatable bonds is 7. The lowest BCUT2D eigenvalue weighted by Gasteiger charge is -2.15. The van der Waals surface area contributed by atoms with Gasteiger partial charge in [-0.15, -0.1) is 0 Å². The van der Waals surface area contributed by atoms with Crippen molar-refractivity contribution in [3.63, 3.8) is 0 Å². The van der Waals surface area contributed by atoms with E-state index >= 15 is 0 Å². The third kappa shape index (κ3) is 4.56. The number of thiazole rings is 1. The number of pyridine rings is 1. The minimum absolute atomic E-state index is 0.0683. The van der Waals surface area contributed by atoms with Gasteiger partial charge in [-0.3, -0.25) is 4.79 Å². The number of benzene rings is 1. The highest BCUT2D eigenvalue weighted by Gasteiger charge is 2.30. The first kappa shape index (κ1) is 23.2. The van der Waals surface area contributed by atoms with E-state index in [-0.39, 0.29) is 5.91 Å². The second kappa shape index (κ2) is 9.59. The van der Waals surface area contributed by atoms with E-state index in [2.05, 4.69) is 47.7 Å². The maximum Gasteiger partial charge on any atom is 0.240 e. The number of nitrogens with zero attached hydrogens (tertiary/aromatic N) is 5. The minimum Gasteiger partial charge on any atom is -0.370 e. The van der Waals surface area contributed by atoms with E-state index in [1.807, 2.05) is 48.1 Å². The summed E-state index contributed by atoms with van der Waals surface area (Å²) >= 11 is 1.52. The zero-order valence-electron chi connectivity index (χ0n) is 20.4. The van der Waals surface area contributed by atoms with Crippen LogP contribution in [0.1, 0.15) is 23.7 Å². The van der Waals surface area contributed by atoms with Crippen LogP contribution in [0, 0.1) is 6.92 Å². The van der Waals surface area contributed by atoms with Gasteiger partial charge >= 0.3 is 0 Å². The molecule has 2 N–H and O–H groups in total. The van der Waals surface area contributed by atoms with Crippen LogP contribution < -0.4 is 10.6 Å². The maximum absolute atomic E-state index is 12.4. The number of anilines is 2. The molecule has 35 heavy (non-hydrogen) atoms. The van der Waals surface area contributed by atoms with Crippen LogP contribution >= 0.6 is 11.3 Å². The Hall–Kier alpha value is -3.56. The van der Waals surface area contributed by atoms with Gasteiger partial charge in [0.2, 0.25) is 5.91 Å². The van der Waals surface area contributed by atoms with E-state index < -0.39 is 0 Å². The lowest BCUT2D eigenvalue weighted by atomic mass is 9.95. The van der Waals surface area contributed by atoms with Crippen LogP contribution in [0.25, 0.3) is 27.5 Å². The SMILES string of the molecule is CCNc1ccc(-c2nn(-c3ccccc3C)c3c2CCc2nc(NC(=O)CN(C)C)sc2-3)cn1. The molecule has 0 saturated heterocycles. The number of likely N-dealkylation sites (N-methyl/N-ethyl adjacent to an activating group) is 1. The molecule has 9 heteroatoms. The van der Waals surface area contributed by atoms with Crippen LogP contribution in [-0.4, -0.2) is 57.7 Å². The van der Waals surface area contributed by atoms with Gasteiger partial charge < -0.3 is 15.5 Å². The molecule has 0 aliphatic heterocycles. The van der Waals surface area contributed by atoms with Crippen LogP contribution in [0.2, 0.25) is 0 Å². The Morgan fingerprint density at radius 1 is 1.17 bits per heavy atom. The summed E-state index contributed by atoms with van der Waals surface area (Å²) in [6.07, 6.45) is 3.52. The smallest absolute Gasteiger partial charge is 0.240 e. The Morgan fingerprint density at radius 2 is 2.00 bits per heavy atom. The van der Waals surface area contributed by atoms with Gasteiger partial charge in [0.25, 0.3) is 0 Å². The lowest BCUT2D eigenvalue weighted by Crippen LogP contribution is -2.27. The Morgan fingerprint density at radius 3 is 2.71 bits per heavy atom. The molecular weight excluding hydrogens is 458 g/mol. The van der Waals surface area contributed by atoms with Gasteiger partial charge in [0.15, 0.2) is 5.13 Å². The van der Waals surface area contributed by atoms with Crippen molar-refractivity contribution in [2.45, 2.75) is 26.7 Å². The highest BCUT2D eigenvalue weighted by atomic mass is 32.1. The quantitative estimate of drug-likeness (QED) is 0.402. The molecule has 0 unspecified atom stereocenters. The Bertz CT molecular complexity index is 1370. The third-order valence-electron chi connectivity index (χ3n) is 5.95. The number of hydrogen-bond acceptors (Lipinski definition) is 7. The summed E-state index contributed by atoms with van der Waals surface area (Å²) in [6.45, 7) is 5.29. The van der Waals surface area contributed by atoms with Crippen molar-refractivity contribution in [1.29, 1.82) is 0 Å². The molecule has 3 heterocycles. The molecule has 4 aromatic rings. The first-order chi connectivity index (χ1) is 16.9. The largest absolute Gasteiger partial charge is 0.370 e. The Labute approximate surface area is 209 Å². The predicted molar refractivity (Wildman–Crippen MR) is 141 cm³/mol. The second-order valence-electron chi connectivity index (χ2n) is 8.92. The van der Waals surface area contributed by atoms with Crippen molar-refractivity contribution < 1.29 is 4.79 Å². The zero-order valence-corrected chi connectivity index (χ0v) is 21.2. The number of aromatic nitrogens is 4. The molecule has 0 saturated carbocycles. The van der Waals surface area contributed by atoms with Gasteiger partial charge in [-0.25, -0.2) is 14.6 Å².